The second-order valence-corrected chi connectivity index (χ2v) is 4.00. The van der Waals surface area contributed by atoms with E-state index in [9.17, 15) is 9.59 Å². The molecule has 0 aliphatic heterocycles. The highest BCUT2D eigenvalue weighted by Gasteiger charge is 2.13. The van der Waals surface area contributed by atoms with Crippen LogP contribution in [0.2, 0.25) is 0 Å². The molecule has 9 heteroatoms. The van der Waals surface area contributed by atoms with Crippen LogP contribution in [0.4, 0.5) is 5.82 Å². The number of H-pyrrole nitrogens is 1. The zero-order valence-corrected chi connectivity index (χ0v) is 12.2. The minimum absolute atomic E-state index is 0.228. The van der Waals surface area contributed by atoms with Crippen LogP contribution in [0.15, 0.2) is 10.3 Å². The van der Waals surface area contributed by atoms with Crippen LogP contribution in [0.5, 0.6) is 0 Å². The van der Waals surface area contributed by atoms with Crippen molar-refractivity contribution >= 4 is 18.1 Å². The van der Waals surface area contributed by atoms with Gasteiger partial charge in [0.25, 0.3) is 5.91 Å². The van der Waals surface area contributed by atoms with Gasteiger partial charge >= 0.3 is 0 Å². The van der Waals surface area contributed by atoms with E-state index in [1.54, 1.807) is 14.1 Å². The van der Waals surface area contributed by atoms with Gasteiger partial charge in [0.15, 0.2) is 5.82 Å². The third-order valence-electron chi connectivity index (χ3n) is 1.95. The summed E-state index contributed by atoms with van der Waals surface area (Å²) in [5, 5.41) is 7.04. The maximum Gasteiger partial charge on any atom is 0.269 e. The number of nitrogens with two attached hydrogens (primary N) is 1. The van der Waals surface area contributed by atoms with Gasteiger partial charge < -0.3 is 15.6 Å². The summed E-state index contributed by atoms with van der Waals surface area (Å²) in [5.74, 6) is 0.454. The Morgan fingerprint density at radius 1 is 1.55 bits per heavy atom. The minimum atomic E-state index is -0.571. The third-order valence-corrected chi connectivity index (χ3v) is 1.95. The first-order valence-corrected chi connectivity index (χ1v) is 6.01. The molecule has 1 aromatic rings. The zero-order valence-electron chi connectivity index (χ0n) is 12.2. The van der Waals surface area contributed by atoms with E-state index in [0.29, 0.717) is 11.6 Å². The van der Waals surface area contributed by atoms with E-state index in [0.717, 1.165) is 19.3 Å². The van der Waals surface area contributed by atoms with Crippen LogP contribution in [0.25, 0.3) is 0 Å². The number of rotatable bonds is 6. The molecule has 0 aliphatic rings. The lowest BCUT2D eigenvalue weighted by molar-refractivity contribution is -0.115. The molecule has 0 saturated carbocycles. The van der Waals surface area contributed by atoms with E-state index in [2.05, 4.69) is 25.7 Å². The molecule has 0 unspecified atom stereocenters. The molecule has 9 nitrogen and oxygen atoms in total. The molecule has 0 fully saturated rings. The normalized spacial score (nSPS) is 9.80. The number of aromatic nitrogens is 2. The maximum atomic E-state index is 11.0. The van der Waals surface area contributed by atoms with Crippen molar-refractivity contribution in [2.45, 2.75) is 19.8 Å². The summed E-state index contributed by atoms with van der Waals surface area (Å²) >= 11 is 0. The van der Waals surface area contributed by atoms with Gasteiger partial charge in [-0.3, -0.25) is 9.59 Å². The van der Waals surface area contributed by atoms with E-state index in [1.165, 1.54) is 11.9 Å². The molecule has 0 radical (unpaired) electrons. The Bertz CT molecular complexity index is 454. The zero-order chi connectivity index (χ0) is 15.5. The maximum absolute atomic E-state index is 11.0. The van der Waals surface area contributed by atoms with Crippen LogP contribution in [0, 0.1) is 0 Å². The summed E-state index contributed by atoms with van der Waals surface area (Å²) in [6.45, 7) is 2.02. The van der Waals surface area contributed by atoms with Crippen LogP contribution in [0.3, 0.4) is 0 Å². The largest absolute Gasteiger partial charge is 0.364 e. The Morgan fingerprint density at radius 3 is 2.55 bits per heavy atom. The highest BCUT2D eigenvalue weighted by Crippen LogP contribution is 2.12. The molecule has 0 aliphatic carbocycles. The van der Waals surface area contributed by atoms with Crippen molar-refractivity contribution in [3.8, 4) is 0 Å². The van der Waals surface area contributed by atoms with Gasteiger partial charge in [-0.2, -0.15) is 5.11 Å². The van der Waals surface area contributed by atoms with Crippen LogP contribution in [-0.4, -0.2) is 48.3 Å². The van der Waals surface area contributed by atoms with E-state index in [-0.39, 0.29) is 5.69 Å². The summed E-state index contributed by atoms with van der Waals surface area (Å²) < 4.78 is 0. The van der Waals surface area contributed by atoms with Crippen LogP contribution in [-0.2, 0) is 11.2 Å². The first-order valence-electron chi connectivity index (χ1n) is 6.01. The fourth-order valence-electron chi connectivity index (χ4n) is 1.13. The van der Waals surface area contributed by atoms with Gasteiger partial charge in [0.05, 0.1) is 7.05 Å². The number of imidazole rings is 1. The molecular weight excluding hydrogens is 262 g/mol. The second kappa shape index (κ2) is 9.48. The van der Waals surface area contributed by atoms with Crippen molar-refractivity contribution in [2.75, 3.05) is 26.6 Å². The van der Waals surface area contributed by atoms with E-state index in [4.69, 9.17) is 5.73 Å². The van der Waals surface area contributed by atoms with Crippen molar-refractivity contribution in [1.82, 2.24) is 14.9 Å². The molecule has 1 rings (SSSR count). The molecule has 1 heterocycles. The summed E-state index contributed by atoms with van der Waals surface area (Å²) in [7, 11) is 4.89. The number of hydrogen-bond donors (Lipinski definition) is 3. The van der Waals surface area contributed by atoms with Crippen molar-refractivity contribution in [3.05, 3.63) is 11.5 Å². The topological polar surface area (TPSA) is 129 Å². The number of carbonyl (C=O) groups excluding carboxylic acids is 2. The molecule has 0 bridgehead atoms. The van der Waals surface area contributed by atoms with Crippen LogP contribution < -0.4 is 11.2 Å². The summed E-state index contributed by atoms with van der Waals surface area (Å²) in [4.78, 5) is 28.9. The van der Waals surface area contributed by atoms with Crippen molar-refractivity contribution in [1.29, 1.82) is 0 Å². The Labute approximate surface area is 117 Å². The lowest BCUT2D eigenvalue weighted by Gasteiger charge is -1.94. The molecule has 1 aromatic heterocycles. The Hall–Kier alpha value is -2.45. The van der Waals surface area contributed by atoms with Gasteiger partial charge in [0, 0.05) is 20.5 Å². The van der Waals surface area contributed by atoms with Crippen LogP contribution >= 0.6 is 0 Å². The number of nitrogens with one attached hydrogen (secondary N) is 2. The molecule has 0 aromatic carbocycles. The fraction of sp³-hybridized carbons (Fsp3) is 0.545. The van der Waals surface area contributed by atoms with Crippen LogP contribution in [0.1, 0.15) is 29.7 Å². The second-order valence-electron chi connectivity index (χ2n) is 4.00. The standard InChI is InChI=1S/C8H14N6O.C3H7NO/c1-3-4-5-11-6(7(9)15)8(12-5)13-14-10-2;1-4(2)3-5/h3-4H2,1-2H3,(H2,9,15)(H,10,13)(H,11,12);3H,1-2H3. The highest BCUT2D eigenvalue weighted by molar-refractivity contribution is 5.95. The summed E-state index contributed by atoms with van der Waals surface area (Å²) in [5.41, 5.74) is 7.94. The number of aromatic amines is 1. The predicted molar refractivity (Wildman–Crippen MR) is 75.3 cm³/mol. The molecule has 0 saturated heterocycles. The van der Waals surface area contributed by atoms with Crippen molar-refractivity contribution < 1.29 is 9.59 Å². The Morgan fingerprint density at radius 2 is 2.15 bits per heavy atom. The SMILES string of the molecule is CCCc1nc(NN=NC)c(C(N)=O)[nH]1.CN(C)C=O. The number of carbonyl (C=O) groups is 2. The lowest BCUT2D eigenvalue weighted by atomic mass is 10.3. The number of amides is 2. The summed E-state index contributed by atoms with van der Waals surface area (Å²) in [6.07, 6.45) is 2.44. The smallest absolute Gasteiger partial charge is 0.269 e. The van der Waals surface area contributed by atoms with Gasteiger partial charge in [-0.25, -0.2) is 10.4 Å². The van der Waals surface area contributed by atoms with Gasteiger partial charge in [0.2, 0.25) is 6.41 Å². The van der Waals surface area contributed by atoms with Gasteiger partial charge in [0.1, 0.15) is 11.5 Å². The van der Waals surface area contributed by atoms with Gasteiger partial charge in [-0.15, -0.1) is 0 Å². The number of aryl methyl sites for hydroxylation is 1. The predicted octanol–water partition coefficient (Wildman–Crippen LogP) is 0.574. The molecule has 0 atom stereocenters. The molecule has 112 valence electrons. The quantitative estimate of drug-likeness (QED) is 0.400. The monoisotopic (exact) mass is 283 g/mol. The van der Waals surface area contributed by atoms with Gasteiger partial charge in [-0.1, -0.05) is 12.1 Å². The average molecular weight is 283 g/mol. The third kappa shape index (κ3) is 6.47. The number of hydrogen-bond acceptors (Lipinski definition) is 5. The number of anilines is 1. The average Bonchev–Trinajstić information content (AvgIpc) is 2.80. The minimum Gasteiger partial charge on any atom is -0.364 e. The van der Waals surface area contributed by atoms with E-state index in [1.807, 2.05) is 6.92 Å². The number of primary amides is 1. The first-order chi connectivity index (χ1) is 9.46. The van der Waals surface area contributed by atoms with Gasteiger partial charge in [-0.05, 0) is 6.42 Å². The van der Waals surface area contributed by atoms with E-state index >= 15 is 0 Å². The number of nitrogens with zero attached hydrogens (tertiary/aromatic N) is 4. The van der Waals surface area contributed by atoms with Crippen molar-refractivity contribution in [3.63, 3.8) is 0 Å². The molecule has 0 spiro atoms. The lowest BCUT2D eigenvalue weighted by Crippen LogP contribution is -2.13. The molecule has 20 heavy (non-hydrogen) atoms. The van der Waals surface area contributed by atoms with E-state index < -0.39 is 5.91 Å². The van der Waals surface area contributed by atoms with Crippen molar-refractivity contribution in [2.24, 2.45) is 16.1 Å². The fourth-order valence-corrected chi connectivity index (χ4v) is 1.13. The Kier molecular flexibility index (Phi) is 8.32. The molecule has 2 amide bonds. The Balaban J connectivity index is 0.000000621. The molecular formula is C11H21N7O2. The molecule has 4 N–H and O–H groups in total. The first kappa shape index (κ1) is 17.6. The highest BCUT2D eigenvalue weighted by atomic mass is 16.1. The summed E-state index contributed by atoms with van der Waals surface area (Å²) in [6, 6.07) is 0.